The molecule has 0 unspecified atom stereocenters. The van der Waals surface area contributed by atoms with Crippen LogP contribution >= 0.6 is 0 Å². The van der Waals surface area contributed by atoms with E-state index in [-0.39, 0.29) is 5.95 Å². The first-order valence-electron chi connectivity index (χ1n) is 6.33. The molecule has 0 fully saturated rings. The first-order valence-corrected chi connectivity index (χ1v) is 6.33. The van der Waals surface area contributed by atoms with Crippen molar-refractivity contribution in [1.29, 1.82) is 0 Å². The molecule has 2 aromatic rings. The Balaban J connectivity index is 1.98. The van der Waals surface area contributed by atoms with Crippen molar-refractivity contribution in [1.82, 2.24) is 9.97 Å². The van der Waals surface area contributed by atoms with Crippen LogP contribution in [0.25, 0.3) is 6.08 Å². The fourth-order valence-electron chi connectivity index (χ4n) is 2.26. The highest BCUT2D eigenvalue weighted by Gasteiger charge is 2.14. The maximum atomic E-state index is 13.0. The second-order valence-corrected chi connectivity index (χ2v) is 4.51. The Hall–Kier alpha value is -2.23. The number of halogens is 1. The zero-order valence-electron chi connectivity index (χ0n) is 10.4. The lowest BCUT2D eigenvalue weighted by Crippen LogP contribution is -2.11. The predicted octanol–water partition coefficient (Wildman–Crippen LogP) is 3.22. The minimum Gasteiger partial charge on any atom is -0.332 e. The first kappa shape index (κ1) is 11.8. The second-order valence-electron chi connectivity index (χ2n) is 4.51. The molecule has 3 rings (SSSR count). The molecule has 0 aliphatic carbocycles. The maximum Gasteiger partial charge on any atom is 0.191 e. The molecule has 0 saturated carbocycles. The lowest BCUT2D eigenvalue weighted by atomic mass is 9.96. The summed E-state index contributed by atoms with van der Waals surface area (Å²) in [5.41, 5.74) is 3.88. The van der Waals surface area contributed by atoms with Crippen molar-refractivity contribution in [3.05, 3.63) is 59.4 Å². The number of aliphatic imine (C=N–C) groups is 1. The van der Waals surface area contributed by atoms with Crippen LogP contribution in [-0.2, 0) is 0 Å². The smallest absolute Gasteiger partial charge is 0.191 e. The van der Waals surface area contributed by atoms with Crippen LogP contribution in [0.15, 0.2) is 47.2 Å². The van der Waals surface area contributed by atoms with Crippen molar-refractivity contribution in [2.24, 2.45) is 4.99 Å². The Bertz CT molecular complexity index is 626. The zero-order valence-corrected chi connectivity index (χ0v) is 10.4. The molecule has 0 amide bonds. The number of nitrogens with one attached hydrogen (secondary N) is 1. The third kappa shape index (κ3) is 2.62. The molecule has 2 aromatic heterocycles. The van der Waals surface area contributed by atoms with Gasteiger partial charge in [0.15, 0.2) is 5.95 Å². The van der Waals surface area contributed by atoms with Gasteiger partial charge in [-0.2, -0.15) is 4.39 Å². The zero-order chi connectivity index (χ0) is 13.1. The van der Waals surface area contributed by atoms with Crippen LogP contribution in [0.3, 0.4) is 0 Å². The highest BCUT2D eigenvalue weighted by molar-refractivity contribution is 6.15. The van der Waals surface area contributed by atoms with Crippen LogP contribution in [0.4, 0.5) is 4.39 Å². The first-order chi connectivity index (χ1) is 9.33. The van der Waals surface area contributed by atoms with E-state index in [0.717, 1.165) is 41.9 Å². The van der Waals surface area contributed by atoms with Crippen LogP contribution in [0.5, 0.6) is 0 Å². The molecule has 0 atom stereocenters. The number of H-pyrrole nitrogens is 1. The summed E-state index contributed by atoms with van der Waals surface area (Å²) in [5, 5.41) is 0. The summed E-state index contributed by atoms with van der Waals surface area (Å²) in [7, 11) is 0. The molecule has 1 aliphatic rings. The van der Waals surface area contributed by atoms with E-state index < -0.39 is 0 Å². The Kier molecular flexibility index (Phi) is 3.23. The summed E-state index contributed by atoms with van der Waals surface area (Å²) < 4.78 is 13.0. The molecule has 0 spiro atoms. The van der Waals surface area contributed by atoms with Crippen molar-refractivity contribution in [2.45, 2.75) is 12.8 Å². The van der Waals surface area contributed by atoms with E-state index in [1.807, 2.05) is 24.4 Å². The van der Waals surface area contributed by atoms with E-state index in [4.69, 9.17) is 0 Å². The van der Waals surface area contributed by atoms with E-state index >= 15 is 0 Å². The molecule has 3 nitrogen and oxygen atoms in total. The molecule has 3 heterocycles. The summed E-state index contributed by atoms with van der Waals surface area (Å²) in [6.45, 7) is 0.834. The topological polar surface area (TPSA) is 41.0 Å². The van der Waals surface area contributed by atoms with Crippen molar-refractivity contribution in [2.75, 3.05) is 6.54 Å². The van der Waals surface area contributed by atoms with Gasteiger partial charge in [0.2, 0.25) is 0 Å². The van der Waals surface area contributed by atoms with Crippen molar-refractivity contribution >= 4 is 11.8 Å². The average molecular weight is 255 g/mol. The summed E-state index contributed by atoms with van der Waals surface area (Å²) in [6.07, 6.45) is 7.51. The van der Waals surface area contributed by atoms with E-state index in [2.05, 4.69) is 15.0 Å². The standard InChI is InChI=1S/C15H14FN3/c16-14-6-5-13(19-14)9-11-3-2-8-18-15(11)12-4-1-7-17-10-12/h1,4-7,9-10,19H,2-3,8H2. The minimum absolute atomic E-state index is 0.317. The monoisotopic (exact) mass is 255 g/mol. The number of rotatable bonds is 2. The fraction of sp³-hybridized carbons (Fsp3) is 0.200. The third-order valence-corrected chi connectivity index (χ3v) is 3.12. The van der Waals surface area contributed by atoms with Crippen molar-refractivity contribution < 1.29 is 4.39 Å². The van der Waals surface area contributed by atoms with Crippen LogP contribution < -0.4 is 0 Å². The highest BCUT2D eigenvalue weighted by atomic mass is 19.1. The van der Waals surface area contributed by atoms with E-state index in [1.165, 1.54) is 6.07 Å². The molecular formula is C15H14FN3. The molecule has 19 heavy (non-hydrogen) atoms. The van der Waals surface area contributed by atoms with Gasteiger partial charge in [0.1, 0.15) is 0 Å². The average Bonchev–Trinajstić information content (AvgIpc) is 2.86. The van der Waals surface area contributed by atoms with Crippen LogP contribution in [0, 0.1) is 5.95 Å². The number of aromatic nitrogens is 2. The number of allylic oxidation sites excluding steroid dienone is 1. The Morgan fingerprint density at radius 1 is 1.26 bits per heavy atom. The lowest BCUT2D eigenvalue weighted by molar-refractivity contribution is 0.591. The molecule has 1 aliphatic heterocycles. The van der Waals surface area contributed by atoms with Crippen molar-refractivity contribution in [3.8, 4) is 0 Å². The summed E-state index contributed by atoms with van der Waals surface area (Å²) in [4.78, 5) is 11.4. The summed E-state index contributed by atoms with van der Waals surface area (Å²) in [5.74, 6) is -0.317. The van der Waals surface area contributed by atoms with Gasteiger partial charge in [0.25, 0.3) is 0 Å². The Morgan fingerprint density at radius 3 is 2.95 bits per heavy atom. The van der Waals surface area contributed by atoms with E-state index in [9.17, 15) is 4.39 Å². The molecule has 96 valence electrons. The molecule has 1 N–H and O–H groups in total. The van der Waals surface area contributed by atoms with Gasteiger partial charge in [-0.25, -0.2) is 0 Å². The number of hydrogen-bond donors (Lipinski definition) is 1. The Morgan fingerprint density at radius 2 is 2.21 bits per heavy atom. The Labute approximate surface area is 110 Å². The van der Waals surface area contributed by atoms with Crippen LogP contribution in [0.1, 0.15) is 24.1 Å². The molecule has 0 aromatic carbocycles. The van der Waals surface area contributed by atoms with Crippen molar-refractivity contribution in [3.63, 3.8) is 0 Å². The highest BCUT2D eigenvalue weighted by Crippen LogP contribution is 2.21. The third-order valence-electron chi connectivity index (χ3n) is 3.12. The normalized spacial score (nSPS) is 17.5. The van der Waals surface area contributed by atoms with Gasteiger partial charge in [0.05, 0.1) is 5.71 Å². The lowest BCUT2D eigenvalue weighted by Gasteiger charge is -2.15. The molecule has 0 saturated heterocycles. The van der Waals surface area contributed by atoms with Gasteiger partial charge < -0.3 is 4.98 Å². The van der Waals surface area contributed by atoms with Gasteiger partial charge in [-0.1, -0.05) is 0 Å². The predicted molar refractivity (Wildman–Crippen MR) is 73.6 cm³/mol. The van der Waals surface area contributed by atoms with Crippen LogP contribution in [0.2, 0.25) is 0 Å². The van der Waals surface area contributed by atoms with Crippen LogP contribution in [-0.4, -0.2) is 22.2 Å². The van der Waals surface area contributed by atoms with Gasteiger partial charge in [0, 0.05) is 30.2 Å². The summed E-state index contributed by atoms with van der Waals surface area (Å²) >= 11 is 0. The van der Waals surface area contributed by atoms with Gasteiger partial charge in [-0.15, -0.1) is 0 Å². The quantitative estimate of drug-likeness (QED) is 0.879. The van der Waals surface area contributed by atoms with E-state index in [0.29, 0.717) is 0 Å². The van der Waals surface area contributed by atoms with Gasteiger partial charge >= 0.3 is 0 Å². The van der Waals surface area contributed by atoms with Gasteiger partial charge in [-0.05, 0) is 48.8 Å². The van der Waals surface area contributed by atoms with Gasteiger partial charge in [-0.3, -0.25) is 9.98 Å². The molecule has 4 heteroatoms. The number of nitrogens with zero attached hydrogens (tertiary/aromatic N) is 2. The fourth-order valence-corrected chi connectivity index (χ4v) is 2.26. The number of pyridine rings is 1. The summed E-state index contributed by atoms with van der Waals surface area (Å²) in [6, 6.07) is 7.06. The second kappa shape index (κ2) is 5.18. The number of aromatic amines is 1. The molecular weight excluding hydrogens is 241 g/mol. The minimum atomic E-state index is -0.317. The SMILES string of the molecule is Fc1ccc(C=C2CCCN=C2c2cccnc2)[nH]1. The molecule has 0 radical (unpaired) electrons. The van der Waals surface area contributed by atoms with E-state index in [1.54, 1.807) is 12.3 Å². The number of hydrogen-bond acceptors (Lipinski definition) is 2. The molecule has 0 bridgehead atoms. The maximum absolute atomic E-state index is 13.0. The largest absolute Gasteiger partial charge is 0.332 e.